The van der Waals surface area contributed by atoms with Crippen molar-refractivity contribution >= 4 is 11.9 Å². The number of carboxylic acids is 1. The predicted octanol–water partition coefficient (Wildman–Crippen LogP) is 0.420. The number of rotatable bonds is 3. The third kappa shape index (κ3) is 3.93. The maximum atomic E-state index is 12.2. The quantitative estimate of drug-likeness (QED) is 0.813. The number of likely N-dealkylation sites (tertiary alicyclic amines) is 1. The second-order valence-electron chi connectivity index (χ2n) is 6.31. The van der Waals surface area contributed by atoms with E-state index in [9.17, 15) is 9.59 Å². The molecule has 2 rings (SSSR count). The van der Waals surface area contributed by atoms with Crippen LogP contribution in [0.5, 0.6) is 0 Å². The van der Waals surface area contributed by atoms with E-state index in [-0.39, 0.29) is 17.4 Å². The smallest absolute Gasteiger partial charge is 0.306 e. The van der Waals surface area contributed by atoms with Crippen molar-refractivity contribution in [2.24, 2.45) is 5.92 Å². The Morgan fingerprint density at radius 2 is 1.90 bits per heavy atom. The molecule has 114 valence electrons. The standard InChI is InChI=1S/C14H24N2O4/c1-14(2)10-15(7-8-20-14)9-12(17)16-5-3-11(4-6-16)13(18)19/h11H,3-10H2,1-2H3,(H,18,19). The number of carboxylic acid groups (broad SMARTS) is 1. The molecular formula is C14H24N2O4. The van der Waals surface area contributed by atoms with Crippen LogP contribution in [0.3, 0.4) is 0 Å². The lowest BCUT2D eigenvalue weighted by atomic mass is 9.97. The normalized spacial score (nSPS) is 24.6. The van der Waals surface area contributed by atoms with E-state index >= 15 is 0 Å². The molecule has 6 nitrogen and oxygen atoms in total. The summed E-state index contributed by atoms with van der Waals surface area (Å²) in [6.07, 6.45) is 1.13. The van der Waals surface area contributed by atoms with E-state index in [0.29, 0.717) is 39.1 Å². The van der Waals surface area contributed by atoms with Crippen molar-refractivity contribution < 1.29 is 19.4 Å². The van der Waals surface area contributed by atoms with Crippen LogP contribution in [-0.2, 0) is 14.3 Å². The van der Waals surface area contributed by atoms with Gasteiger partial charge in [0.25, 0.3) is 0 Å². The van der Waals surface area contributed by atoms with Crippen molar-refractivity contribution in [2.75, 3.05) is 39.3 Å². The van der Waals surface area contributed by atoms with Gasteiger partial charge >= 0.3 is 5.97 Å². The van der Waals surface area contributed by atoms with Crippen LogP contribution in [0.2, 0.25) is 0 Å². The molecule has 0 aromatic carbocycles. The molecule has 2 fully saturated rings. The molecule has 0 aromatic heterocycles. The molecule has 0 atom stereocenters. The molecule has 0 saturated carbocycles. The van der Waals surface area contributed by atoms with Crippen molar-refractivity contribution in [1.82, 2.24) is 9.80 Å². The molecule has 1 N–H and O–H groups in total. The third-order valence-corrected chi connectivity index (χ3v) is 4.06. The fourth-order valence-corrected chi connectivity index (χ4v) is 2.92. The van der Waals surface area contributed by atoms with Gasteiger partial charge in [0, 0.05) is 26.2 Å². The highest BCUT2D eigenvalue weighted by Gasteiger charge is 2.31. The van der Waals surface area contributed by atoms with Gasteiger partial charge in [0.1, 0.15) is 0 Å². The third-order valence-electron chi connectivity index (χ3n) is 4.06. The first-order chi connectivity index (χ1) is 9.37. The van der Waals surface area contributed by atoms with Crippen molar-refractivity contribution in [3.8, 4) is 0 Å². The lowest BCUT2D eigenvalue weighted by molar-refractivity contribution is -0.147. The van der Waals surface area contributed by atoms with Gasteiger partial charge in [-0.1, -0.05) is 0 Å². The number of hydrogen-bond donors (Lipinski definition) is 1. The highest BCUT2D eigenvalue weighted by molar-refractivity contribution is 5.79. The van der Waals surface area contributed by atoms with E-state index in [4.69, 9.17) is 9.84 Å². The van der Waals surface area contributed by atoms with Gasteiger partial charge in [-0.3, -0.25) is 14.5 Å². The van der Waals surface area contributed by atoms with Crippen molar-refractivity contribution in [2.45, 2.75) is 32.3 Å². The summed E-state index contributed by atoms with van der Waals surface area (Å²) >= 11 is 0. The van der Waals surface area contributed by atoms with E-state index in [1.807, 2.05) is 13.8 Å². The summed E-state index contributed by atoms with van der Waals surface area (Å²) in [5.74, 6) is -0.931. The Morgan fingerprint density at radius 1 is 1.25 bits per heavy atom. The molecule has 2 saturated heterocycles. The Kier molecular flexibility index (Phi) is 4.65. The number of piperidine rings is 1. The number of amides is 1. The molecule has 2 aliphatic rings. The van der Waals surface area contributed by atoms with E-state index in [1.165, 1.54) is 0 Å². The zero-order chi connectivity index (χ0) is 14.8. The topological polar surface area (TPSA) is 70.1 Å². The molecule has 0 radical (unpaired) electrons. The van der Waals surface area contributed by atoms with Crippen LogP contribution in [-0.4, -0.2) is 71.7 Å². The highest BCUT2D eigenvalue weighted by atomic mass is 16.5. The van der Waals surface area contributed by atoms with Crippen molar-refractivity contribution in [3.05, 3.63) is 0 Å². The lowest BCUT2D eigenvalue weighted by Crippen LogP contribution is -2.52. The van der Waals surface area contributed by atoms with Crippen LogP contribution in [0.15, 0.2) is 0 Å². The van der Waals surface area contributed by atoms with E-state index in [0.717, 1.165) is 13.1 Å². The maximum Gasteiger partial charge on any atom is 0.306 e. The molecule has 2 heterocycles. The minimum atomic E-state index is -0.743. The number of hydrogen-bond acceptors (Lipinski definition) is 4. The van der Waals surface area contributed by atoms with Gasteiger partial charge in [-0.05, 0) is 26.7 Å². The molecule has 2 aliphatic heterocycles. The van der Waals surface area contributed by atoms with Gasteiger partial charge in [-0.15, -0.1) is 0 Å². The second-order valence-corrected chi connectivity index (χ2v) is 6.31. The Morgan fingerprint density at radius 3 is 2.45 bits per heavy atom. The first kappa shape index (κ1) is 15.3. The summed E-state index contributed by atoms with van der Waals surface area (Å²) in [4.78, 5) is 27.1. The number of morpholine rings is 1. The first-order valence-electron chi connectivity index (χ1n) is 7.24. The average Bonchev–Trinajstić information content (AvgIpc) is 2.37. The molecular weight excluding hydrogens is 260 g/mol. The molecule has 1 amide bonds. The summed E-state index contributed by atoms with van der Waals surface area (Å²) in [5.41, 5.74) is -0.200. The van der Waals surface area contributed by atoms with Gasteiger partial charge in [0.05, 0.1) is 24.7 Å². The Labute approximate surface area is 119 Å². The van der Waals surface area contributed by atoms with E-state index in [1.54, 1.807) is 4.90 Å². The Bertz CT molecular complexity index is 375. The number of carbonyl (C=O) groups excluding carboxylic acids is 1. The van der Waals surface area contributed by atoms with Gasteiger partial charge in [0.15, 0.2) is 0 Å². The van der Waals surface area contributed by atoms with Gasteiger partial charge in [0.2, 0.25) is 5.91 Å². The molecule has 6 heteroatoms. The van der Waals surface area contributed by atoms with Crippen LogP contribution in [0.1, 0.15) is 26.7 Å². The summed E-state index contributed by atoms with van der Waals surface area (Å²) in [5, 5.41) is 8.96. The first-order valence-corrected chi connectivity index (χ1v) is 7.24. The molecule has 20 heavy (non-hydrogen) atoms. The van der Waals surface area contributed by atoms with Crippen molar-refractivity contribution in [1.29, 1.82) is 0 Å². The van der Waals surface area contributed by atoms with E-state index < -0.39 is 5.97 Å². The van der Waals surface area contributed by atoms with Crippen LogP contribution in [0, 0.1) is 5.92 Å². The number of nitrogens with zero attached hydrogens (tertiary/aromatic N) is 2. The van der Waals surface area contributed by atoms with Gasteiger partial charge in [-0.25, -0.2) is 0 Å². The van der Waals surface area contributed by atoms with Crippen LogP contribution in [0.25, 0.3) is 0 Å². The van der Waals surface area contributed by atoms with Crippen LogP contribution in [0.4, 0.5) is 0 Å². The van der Waals surface area contributed by atoms with Crippen LogP contribution >= 0.6 is 0 Å². The fourth-order valence-electron chi connectivity index (χ4n) is 2.92. The predicted molar refractivity (Wildman–Crippen MR) is 73.4 cm³/mol. The number of carbonyl (C=O) groups is 2. The summed E-state index contributed by atoms with van der Waals surface area (Å²) in [7, 11) is 0. The van der Waals surface area contributed by atoms with Crippen LogP contribution < -0.4 is 0 Å². The molecule has 0 bridgehead atoms. The largest absolute Gasteiger partial charge is 0.481 e. The number of ether oxygens (including phenoxy) is 1. The van der Waals surface area contributed by atoms with Gasteiger partial charge < -0.3 is 14.7 Å². The van der Waals surface area contributed by atoms with Crippen molar-refractivity contribution in [3.63, 3.8) is 0 Å². The SMILES string of the molecule is CC1(C)CN(CC(=O)N2CCC(C(=O)O)CC2)CCO1. The monoisotopic (exact) mass is 284 g/mol. The van der Waals surface area contributed by atoms with E-state index in [2.05, 4.69) is 4.90 Å². The lowest BCUT2D eigenvalue weighted by Gasteiger charge is -2.39. The summed E-state index contributed by atoms with van der Waals surface area (Å²) < 4.78 is 5.63. The minimum Gasteiger partial charge on any atom is -0.481 e. The molecule has 0 unspecified atom stereocenters. The zero-order valence-electron chi connectivity index (χ0n) is 12.3. The fraction of sp³-hybridized carbons (Fsp3) is 0.857. The maximum absolute atomic E-state index is 12.2. The highest BCUT2D eigenvalue weighted by Crippen LogP contribution is 2.19. The zero-order valence-corrected chi connectivity index (χ0v) is 12.3. The number of aliphatic carboxylic acids is 1. The minimum absolute atomic E-state index is 0.103. The second kappa shape index (κ2) is 6.10. The Balaban J connectivity index is 1.79. The molecule has 0 aromatic rings. The van der Waals surface area contributed by atoms with Gasteiger partial charge in [-0.2, -0.15) is 0 Å². The molecule has 0 spiro atoms. The summed E-state index contributed by atoms with van der Waals surface area (Å²) in [6, 6.07) is 0. The average molecular weight is 284 g/mol. The Hall–Kier alpha value is -1.14. The summed E-state index contributed by atoms with van der Waals surface area (Å²) in [6.45, 7) is 7.77. The molecule has 0 aliphatic carbocycles.